The third-order valence-electron chi connectivity index (χ3n) is 8.50. The highest BCUT2D eigenvalue weighted by Crippen LogP contribution is 2.29. The zero-order valence-corrected chi connectivity index (χ0v) is 28.3. The first kappa shape index (κ1) is 37.6. The monoisotopic (exact) mass is 659 g/mol. The number of nitrogens with zero attached hydrogens (tertiary/aromatic N) is 1. The number of carbonyl (C=O) groups is 5. The Morgan fingerprint density at radius 3 is 2.32 bits per heavy atom. The van der Waals surface area contributed by atoms with E-state index in [9.17, 15) is 29.1 Å². The molecular formula is C34H53N5O8. The zero-order chi connectivity index (χ0) is 34.3. The fourth-order valence-electron chi connectivity index (χ4n) is 5.56. The summed E-state index contributed by atoms with van der Waals surface area (Å²) in [5.41, 5.74) is 0.798. The molecule has 13 nitrogen and oxygen atoms in total. The number of carbonyl (C=O) groups excluding carboxylic acids is 5. The molecule has 2 heterocycles. The average Bonchev–Trinajstić information content (AvgIpc) is 3.00. The lowest BCUT2D eigenvalue weighted by Crippen LogP contribution is -2.57. The van der Waals surface area contributed by atoms with Gasteiger partial charge in [0.1, 0.15) is 12.1 Å². The first-order chi connectivity index (χ1) is 22.5. The molecule has 1 aromatic carbocycles. The number of aliphatic hydroxyl groups is 1. The van der Waals surface area contributed by atoms with E-state index in [1.54, 1.807) is 18.2 Å². The Labute approximate surface area is 277 Å². The van der Waals surface area contributed by atoms with E-state index in [4.69, 9.17) is 9.47 Å². The fraction of sp³-hybridized carbons (Fsp3) is 0.676. The highest BCUT2D eigenvalue weighted by Gasteiger charge is 2.31. The van der Waals surface area contributed by atoms with Crippen molar-refractivity contribution in [2.24, 2.45) is 11.8 Å². The molecule has 47 heavy (non-hydrogen) atoms. The Kier molecular flexibility index (Phi) is 15.3. The SMILES string of the molecule is COc1cc2ccc1OCC(=O)NCCCN(C(=O)C1CCC1)CCCCNC(=O)[C@H]([C@@H](C)O)NC(=O)[C@@H](CC(C)C)NC(=O)CC2. The Morgan fingerprint density at radius 2 is 1.66 bits per heavy atom. The third kappa shape index (κ3) is 12.3. The van der Waals surface area contributed by atoms with Gasteiger partial charge in [0.05, 0.1) is 13.2 Å². The first-order valence-electron chi connectivity index (χ1n) is 16.9. The fourth-order valence-corrected chi connectivity index (χ4v) is 5.56. The van der Waals surface area contributed by atoms with Gasteiger partial charge in [-0.3, -0.25) is 24.0 Å². The van der Waals surface area contributed by atoms with Crippen LogP contribution in [0, 0.1) is 11.8 Å². The second-order valence-corrected chi connectivity index (χ2v) is 12.9. The molecule has 1 fully saturated rings. The Morgan fingerprint density at radius 1 is 0.936 bits per heavy atom. The van der Waals surface area contributed by atoms with Crippen molar-refractivity contribution in [2.75, 3.05) is 39.9 Å². The molecule has 0 radical (unpaired) electrons. The molecule has 5 amide bonds. The van der Waals surface area contributed by atoms with Gasteiger partial charge in [0.2, 0.25) is 23.6 Å². The van der Waals surface area contributed by atoms with E-state index in [0.717, 1.165) is 24.8 Å². The molecule has 2 bridgehead atoms. The van der Waals surface area contributed by atoms with E-state index in [2.05, 4.69) is 21.3 Å². The number of amides is 5. The summed E-state index contributed by atoms with van der Waals surface area (Å²) in [6.45, 7) is 6.78. The zero-order valence-electron chi connectivity index (χ0n) is 28.3. The van der Waals surface area contributed by atoms with Gasteiger partial charge in [0, 0.05) is 38.5 Å². The number of hydrogen-bond acceptors (Lipinski definition) is 8. The number of hydrogen-bond donors (Lipinski definition) is 5. The van der Waals surface area contributed by atoms with Crippen molar-refractivity contribution in [1.29, 1.82) is 0 Å². The van der Waals surface area contributed by atoms with Crippen molar-refractivity contribution in [3.8, 4) is 11.5 Å². The van der Waals surface area contributed by atoms with Crippen LogP contribution in [0.25, 0.3) is 0 Å². The standard InChI is InChI=1S/C34H53N5O8/c1-22(2)19-26-32(43)38-31(23(3)40)33(44)36-15-5-6-17-39(34(45)25-9-7-10-25)18-8-16-35-30(42)21-47-27-13-11-24(20-28(27)46-4)12-14-29(41)37-26/h11,13,20,22-23,25-26,31,40H,5-10,12,14-19,21H2,1-4H3,(H,35,42)(H,36,44)(H,37,41)(H,38,43)/t23-,26-,31+/m1/s1. The highest BCUT2D eigenvalue weighted by atomic mass is 16.5. The van der Waals surface area contributed by atoms with Crippen LogP contribution in [-0.2, 0) is 30.4 Å². The minimum atomic E-state index is -1.20. The van der Waals surface area contributed by atoms with Gasteiger partial charge in [-0.2, -0.15) is 0 Å². The Balaban J connectivity index is 1.75. The van der Waals surface area contributed by atoms with E-state index < -0.39 is 30.0 Å². The van der Waals surface area contributed by atoms with Gasteiger partial charge in [-0.25, -0.2) is 0 Å². The second kappa shape index (κ2) is 19.1. The molecule has 4 rings (SSSR count). The van der Waals surface area contributed by atoms with Crippen molar-refractivity contribution in [1.82, 2.24) is 26.2 Å². The van der Waals surface area contributed by atoms with Crippen molar-refractivity contribution >= 4 is 29.5 Å². The van der Waals surface area contributed by atoms with Gasteiger partial charge in [0.15, 0.2) is 18.1 Å². The van der Waals surface area contributed by atoms with Crippen LogP contribution in [0.1, 0.15) is 77.7 Å². The molecule has 3 aliphatic rings. The summed E-state index contributed by atoms with van der Waals surface area (Å²) in [6, 6.07) is 3.11. The van der Waals surface area contributed by atoms with Crippen molar-refractivity contribution < 1.29 is 38.6 Å². The Hall–Kier alpha value is -3.87. The number of aliphatic hydroxyl groups excluding tert-OH is 1. The first-order valence-corrected chi connectivity index (χ1v) is 16.9. The molecular weight excluding hydrogens is 606 g/mol. The van der Waals surface area contributed by atoms with Crippen molar-refractivity contribution in [3.05, 3.63) is 23.8 Å². The topological polar surface area (TPSA) is 175 Å². The third-order valence-corrected chi connectivity index (χ3v) is 8.50. The smallest absolute Gasteiger partial charge is 0.257 e. The summed E-state index contributed by atoms with van der Waals surface area (Å²) in [7, 11) is 1.49. The molecule has 0 spiro atoms. The molecule has 262 valence electrons. The van der Waals surface area contributed by atoms with Gasteiger partial charge in [-0.05, 0) is 75.5 Å². The largest absolute Gasteiger partial charge is 0.493 e. The lowest BCUT2D eigenvalue weighted by Gasteiger charge is -2.32. The van der Waals surface area contributed by atoms with Gasteiger partial charge < -0.3 is 40.7 Å². The number of ether oxygens (including phenoxy) is 2. The summed E-state index contributed by atoms with van der Waals surface area (Å²) >= 11 is 0. The number of fused-ring (bicyclic) bond motifs is 23. The van der Waals surface area contributed by atoms with E-state index in [0.29, 0.717) is 69.8 Å². The maximum atomic E-state index is 13.3. The van der Waals surface area contributed by atoms with Gasteiger partial charge in [-0.1, -0.05) is 26.3 Å². The summed E-state index contributed by atoms with van der Waals surface area (Å²) < 4.78 is 11.2. The molecule has 3 atom stereocenters. The van der Waals surface area contributed by atoms with Crippen LogP contribution in [-0.4, -0.2) is 97.6 Å². The normalized spacial score (nSPS) is 22.6. The number of benzene rings is 1. The number of aryl methyl sites for hydroxylation is 1. The predicted molar refractivity (Wildman–Crippen MR) is 176 cm³/mol. The maximum Gasteiger partial charge on any atom is 0.257 e. The Bertz CT molecular complexity index is 1220. The molecule has 0 aromatic heterocycles. The van der Waals surface area contributed by atoms with E-state index in [1.165, 1.54) is 14.0 Å². The molecule has 1 saturated carbocycles. The number of methoxy groups -OCH3 is 1. The van der Waals surface area contributed by atoms with Gasteiger partial charge >= 0.3 is 0 Å². The molecule has 1 aromatic rings. The van der Waals surface area contributed by atoms with E-state index >= 15 is 0 Å². The van der Waals surface area contributed by atoms with Crippen molar-refractivity contribution in [2.45, 2.75) is 96.7 Å². The molecule has 0 saturated heterocycles. The predicted octanol–water partition coefficient (Wildman–Crippen LogP) is 1.45. The lowest BCUT2D eigenvalue weighted by atomic mass is 9.84. The van der Waals surface area contributed by atoms with E-state index in [1.807, 2.05) is 18.7 Å². The molecule has 1 aliphatic carbocycles. The van der Waals surface area contributed by atoms with Gasteiger partial charge in [0.25, 0.3) is 5.91 Å². The average molecular weight is 660 g/mol. The summed E-state index contributed by atoms with van der Waals surface area (Å²) in [6.07, 6.45) is 4.27. The maximum absolute atomic E-state index is 13.3. The number of nitrogens with one attached hydrogen (secondary N) is 4. The molecule has 0 unspecified atom stereocenters. The van der Waals surface area contributed by atoms with Crippen LogP contribution in [0.2, 0.25) is 0 Å². The van der Waals surface area contributed by atoms with Crippen LogP contribution in [0.5, 0.6) is 11.5 Å². The molecule has 13 heteroatoms. The summed E-state index contributed by atoms with van der Waals surface area (Å²) in [4.78, 5) is 66.6. The lowest BCUT2D eigenvalue weighted by molar-refractivity contribution is -0.138. The summed E-state index contributed by atoms with van der Waals surface area (Å²) in [5.74, 6) is -0.668. The van der Waals surface area contributed by atoms with Crippen molar-refractivity contribution in [3.63, 3.8) is 0 Å². The van der Waals surface area contributed by atoms with Gasteiger partial charge in [-0.15, -0.1) is 0 Å². The second-order valence-electron chi connectivity index (χ2n) is 12.9. The quantitative estimate of drug-likeness (QED) is 0.295. The van der Waals surface area contributed by atoms with Crippen LogP contribution in [0.3, 0.4) is 0 Å². The van der Waals surface area contributed by atoms with Crippen LogP contribution < -0.4 is 30.7 Å². The number of rotatable bonds is 5. The molecule has 5 N–H and O–H groups in total. The highest BCUT2D eigenvalue weighted by molar-refractivity contribution is 5.92. The molecule has 2 aliphatic heterocycles. The minimum absolute atomic E-state index is 0.0408. The van der Waals surface area contributed by atoms with E-state index in [-0.39, 0.29) is 42.6 Å². The van der Waals surface area contributed by atoms with Crippen LogP contribution >= 0.6 is 0 Å². The van der Waals surface area contributed by atoms with Crippen LogP contribution in [0.4, 0.5) is 0 Å². The minimum Gasteiger partial charge on any atom is -0.493 e. The summed E-state index contributed by atoms with van der Waals surface area (Å²) in [5, 5.41) is 21.4. The van der Waals surface area contributed by atoms with Crippen LogP contribution in [0.15, 0.2) is 18.2 Å².